The summed E-state index contributed by atoms with van der Waals surface area (Å²) in [5.74, 6) is -2.08. The minimum Gasteiger partial charge on any atom is -0.503 e. The first-order chi connectivity index (χ1) is 18.9. The number of carbonyl (C=O) groups is 3. The number of rotatable bonds is 8. The Bertz CT molecular complexity index is 1410. The maximum atomic E-state index is 14.0. The SMILES string of the molecule is COC(=O)c1ccc([C@@H]2C(C(=O)c3sc(-c4ccccc4)nc3C)=C(O)C(=O)N2CCN2CCOCC2)cc1. The van der Waals surface area contributed by atoms with E-state index in [0.717, 1.165) is 18.7 Å². The van der Waals surface area contributed by atoms with Crippen molar-refractivity contribution in [2.45, 2.75) is 13.0 Å². The molecule has 1 fully saturated rings. The lowest BCUT2D eigenvalue weighted by Crippen LogP contribution is -2.43. The maximum Gasteiger partial charge on any atom is 0.337 e. The van der Waals surface area contributed by atoms with Crippen LogP contribution in [0.1, 0.15) is 37.3 Å². The topological polar surface area (TPSA) is 109 Å². The number of amides is 1. The molecule has 2 aliphatic heterocycles. The van der Waals surface area contributed by atoms with E-state index in [1.54, 1.807) is 31.2 Å². The van der Waals surface area contributed by atoms with E-state index in [2.05, 4.69) is 9.88 Å². The number of esters is 1. The van der Waals surface area contributed by atoms with Crippen molar-refractivity contribution in [3.63, 3.8) is 0 Å². The van der Waals surface area contributed by atoms with Crippen LogP contribution in [-0.2, 0) is 14.3 Å². The first-order valence-electron chi connectivity index (χ1n) is 12.7. The van der Waals surface area contributed by atoms with Gasteiger partial charge in [0.2, 0.25) is 5.78 Å². The Balaban J connectivity index is 1.51. The Labute approximate surface area is 230 Å². The van der Waals surface area contributed by atoms with Crippen LogP contribution in [0.5, 0.6) is 0 Å². The zero-order chi connectivity index (χ0) is 27.5. The quantitative estimate of drug-likeness (QED) is 0.335. The molecule has 0 saturated carbocycles. The molecule has 0 unspecified atom stereocenters. The van der Waals surface area contributed by atoms with Crippen molar-refractivity contribution in [3.05, 3.63) is 87.6 Å². The highest BCUT2D eigenvalue weighted by atomic mass is 32.1. The van der Waals surface area contributed by atoms with Crippen LogP contribution in [0.4, 0.5) is 0 Å². The Kier molecular flexibility index (Phi) is 7.87. The number of ketones is 1. The van der Waals surface area contributed by atoms with Crippen LogP contribution in [0.3, 0.4) is 0 Å². The van der Waals surface area contributed by atoms with Crippen LogP contribution >= 0.6 is 11.3 Å². The van der Waals surface area contributed by atoms with Gasteiger partial charge in [0.25, 0.3) is 5.91 Å². The highest BCUT2D eigenvalue weighted by molar-refractivity contribution is 7.17. The van der Waals surface area contributed by atoms with E-state index in [1.165, 1.54) is 23.3 Å². The summed E-state index contributed by atoms with van der Waals surface area (Å²) in [6, 6.07) is 15.3. The number of ether oxygens (including phenoxy) is 2. The molecule has 0 spiro atoms. The van der Waals surface area contributed by atoms with E-state index in [-0.39, 0.29) is 5.57 Å². The summed E-state index contributed by atoms with van der Waals surface area (Å²) < 4.78 is 10.2. The minimum absolute atomic E-state index is 0.0131. The molecule has 2 aromatic carbocycles. The van der Waals surface area contributed by atoms with Crippen molar-refractivity contribution in [3.8, 4) is 10.6 Å². The number of hydrogen-bond donors (Lipinski definition) is 1. The predicted octanol–water partition coefficient (Wildman–Crippen LogP) is 3.82. The van der Waals surface area contributed by atoms with Gasteiger partial charge in [-0.1, -0.05) is 42.5 Å². The molecule has 1 aromatic heterocycles. The van der Waals surface area contributed by atoms with Gasteiger partial charge in [0.1, 0.15) is 5.01 Å². The van der Waals surface area contributed by atoms with Gasteiger partial charge in [-0.25, -0.2) is 9.78 Å². The van der Waals surface area contributed by atoms with Gasteiger partial charge in [-0.05, 0) is 24.6 Å². The Morgan fingerprint density at radius 1 is 1.08 bits per heavy atom. The second-order valence-electron chi connectivity index (χ2n) is 9.36. The molecule has 1 N–H and O–H groups in total. The molecule has 9 nitrogen and oxygen atoms in total. The fourth-order valence-electron chi connectivity index (χ4n) is 4.89. The number of methoxy groups -OCH3 is 1. The number of benzene rings is 2. The summed E-state index contributed by atoms with van der Waals surface area (Å²) in [4.78, 5) is 48.0. The third kappa shape index (κ3) is 5.36. The molecule has 0 radical (unpaired) electrons. The summed E-state index contributed by atoms with van der Waals surface area (Å²) in [5, 5.41) is 11.8. The first kappa shape index (κ1) is 26.7. The zero-order valence-electron chi connectivity index (χ0n) is 21.8. The van der Waals surface area contributed by atoms with Crippen LogP contribution in [0.25, 0.3) is 10.6 Å². The number of aliphatic hydroxyl groups excluding tert-OH is 1. The summed E-state index contributed by atoms with van der Waals surface area (Å²) in [5.41, 5.74) is 2.38. The smallest absolute Gasteiger partial charge is 0.337 e. The molecule has 0 aliphatic carbocycles. The molecular weight excluding hydrogens is 518 g/mol. The number of aromatic nitrogens is 1. The number of aryl methyl sites for hydroxylation is 1. The van der Waals surface area contributed by atoms with Gasteiger partial charge in [0.15, 0.2) is 5.76 Å². The molecule has 1 atom stereocenters. The Hall–Kier alpha value is -3.86. The van der Waals surface area contributed by atoms with Crippen LogP contribution < -0.4 is 0 Å². The van der Waals surface area contributed by atoms with Crippen LogP contribution in [0, 0.1) is 6.92 Å². The molecule has 202 valence electrons. The number of aliphatic hydroxyl groups is 1. The van der Waals surface area contributed by atoms with Gasteiger partial charge in [-0.2, -0.15) is 0 Å². The fraction of sp³-hybridized carbons (Fsp3) is 0.310. The van der Waals surface area contributed by atoms with E-state index in [0.29, 0.717) is 53.0 Å². The molecule has 5 rings (SSSR count). The Morgan fingerprint density at radius 2 is 1.77 bits per heavy atom. The van der Waals surface area contributed by atoms with E-state index < -0.39 is 29.5 Å². The number of morpholine rings is 1. The molecule has 1 saturated heterocycles. The summed E-state index contributed by atoms with van der Waals surface area (Å²) >= 11 is 1.24. The van der Waals surface area contributed by atoms with Gasteiger partial charge in [0.05, 0.1) is 48.1 Å². The fourth-order valence-corrected chi connectivity index (χ4v) is 5.92. The number of thiazole rings is 1. The van der Waals surface area contributed by atoms with Gasteiger partial charge in [0, 0.05) is 31.7 Å². The second-order valence-corrected chi connectivity index (χ2v) is 10.4. The van der Waals surface area contributed by atoms with E-state index in [1.807, 2.05) is 30.3 Å². The minimum atomic E-state index is -0.820. The van der Waals surface area contributed by atoms with Crippen molar-refractivity contribution in [1.29, 1.82) is 0 Å². The zero-order valence-corrected chi connectivity index (χ0v) is 22.6. The largest absolute Gasteiger partial charge is 0.503 e. The first-order valence-corrected chi connectivity index (χ1v) is 13.5. The molecule has 0 bridgehead atoms. The lowest BCUT2D eigenvalue weighted by atomic mass is 9.94. The number of Topliss-reactive ketones (excluding diaryl/α,β-unsaturated/α-hetero) is 1. The van der Waals surface area contributed by atoms with E-state index >= 15 is 0 Å². The summed E-state index contributed by atoms with van der Waals surface area (Å²) in [6.07, 6.45) is 0. The highest BCUT2D eigenvalue weighted by Crippen LogP contribution is 2.41. The molecule has 2 aliphatic rings. The summed E-state index contributed by atoms with van der Waals surface area (Å²) in [6.45, 7) is 5.35. The van der Waals surface area contributed by atoms with Crippen molar-refractivity contribution in [2.75, 3.05) is 46.5 Å². The van der Waals surface area contributed by atoms with Crippen LogP contribution in [0.2, 0.25) is 0 Å². The van der Waals surface area contributed by atoms with Crippen LogP contribution in [-0.4, -0.2) is 84.1 Å². The average Bonchev–Trinajstić information content (AvgIpc) is 3.49. The van der Waals surface area contributed by atoms with Crippen LogP contribution in [0.15, 0.2) is 65.9 Å². The number of nitrogens with zero attached hydrogens (tertiary/aromatic N) is 3. The predicted molar refractivity (Wildman–Crippen MR) is 146 cm³/mol. The average molecular weight is 548 g/mol. The third-order valence-corrected chi connectivity index (χ3v) is 8.19. The maximum absolute atomic E-state index is 14.0. The molecule has 39 heavy (non-hydrogen) atoms. The second kappa shape index (κ2) is 11.5. The molecule has 3 aromatic rings. The number of hydrogen-bond acceptors (Lipinski definition) is 9. The lowest BCUT2D eigenvalue weighted by molar-refractivity contribution is -0.129. The van der Waals surface area contributed by atoms with Gasteiger partial charge >= 0.3 is 5.97 Å². The van der Waals surface area contributed by atoms with Gasteiger partial charge in [-0.3, -0.25) is 14.5 Å². The Morgan fingerprint density at radius 3 is 2.44 bits per heavy atom. The monoisotopic (exact) mass is 547 g/mol. The molecular formula is C29H29N3O6S. The normalized spacial score (nSPS) is 18.1. The standard InChI is InChI=1S/C29H29N3O6S/c1-18-26(39-27(30-18)20-6-4-3-5-7-20)24(33)22-23(19-8-10-21(11-9-19)29(36)37-2)32(28(35)25(22)34)13-12-31-14-16-38-17-15-31/h3-11,23,34H,12-17H2,1-2H3/t23-/m1/s1. The third-order valence-electron chi connectivity index (χ3n) is 6.98. The van der Waals surface area contributed by atoms with Gasteiger partial charge in [-0.15, -0.1) is 11.3 Å². The lowest BCUT2D eigenvalue weighted by Gasteiger charge is -2.31. The molecule has 1 amide bonds. The molecule has 10 heteroatoms. The van der Waals surface area contributed by atoms with Crippen molar-refractivity contribution in [1.82, 2.24) is 14.8 Å². The van der Waals surface area contributed by atoms with E-state index in [4.69, 9.17) is 9.47 Å². The summed E-state index contributed by atoms with van der Waals surface area (Å²) in [7, 11) is 1.30. The number of carbonyl (C=O) groups excluding carboxylic acids is 3. The highest BCUT2D eigenvalue weighted by Gasteiger charge is 2.44. The molecule has 3 heterocycles. The van der Waals surface area contributed by atoms with Crippen molar-refractivity contribution < 1.29 is 29.0 Å². The van der Waals surface area contributed by atoms with Gasteiger partial charge < -0.3 is 19.5 Å². The van der Waals surface area contributed by atoms with Crippen molar-refractivity contribution in [2.24, 2.45) is 0 Å². The van der Waals surface area contributed by atoms with Crippen molar-refractivity contribution >= 4 is 29.0 Å². The van der Waals surface area contributed by atoms with E-state index in [9.17, 15) is 19.5 Å².